The quantitative estimate of drug-likeness (QED) is 0.291. The van der Waals surface area contributed by atoms with Gasteiger partial charge in [0.05, 0.1) is 24.0 Å². The molecule has 0 radical (unpaired) electrons. The van der Waals surface area contributed by atoms with Crippen molar-refractivity contribution in [2.24, 2.45) is 11.8 Å². The van der Waals surface area contributed by atoms with Crippen molar-refractivity contribution in [3.05, 3.63) is 77.9 Å². The molecule has 0 unspecified atom stereocenters. The van der Waals surface area contributed by atoms with Crippen molar-refractivity contribution in [1.82, 2.24) is 4.90 Å². The molecular weight excluding hydrogens is 488 g/mol. The summed E-state index contributed by atoms with van der Waals surface area (Å²) in [5, 5.41) is 2.60. The van der Waals surface area contributed by atoms with Crippen molar-refractivity contribution in [3.63, 3.8) is 0 Å². The van der Waals surface area contributed by atoms with E-state index >= 15 is 0 Å². The lowest BCUT2D eigenvalue weighted by molar-refractivity contribution is -0.159. The Kier molecular flexibility index (Phi) is 8.68. The van der Waals surface area contributed by atoms with Crippen molar-refractivity contribution < 1.29 is 33.4 Å². The van der Waals surface area contributed by atoms with Crippen molar-refractivity contribution in [2.75, 3.05) is 18.5 Å². The number of fused-ring (bicyclic) bond motifs is 1. The number of anilines is 1. The van der Waals surface area contributed by atoms with Gasteiger partial charge in [-0.2, -0.15) is 0 Å². The first-order chi connectivity index (χ1) is 18.4. The first-order valence-electron chi connectivity index (χ1n) is 12.7. The molecule has 0 saturated carbocycles. The predicted molar refractivity (Wildman–Crippen MR) is 138 cm³/mol. The molecule has 1 aliphatic carbocycles. The van der Waals surface area contributed by atoms with Crippen LogP contribution in [0.2, 0.25) is 0 Å². The van der Waals surface area contributed by atoms with Crippen LogP contribution in [0.3, 0.4) is 0 Å². The second-order valence-corrected chi connectivity index (χ2v) is 9.28. The highest BCUT2D eigenvalue weighted by molar-refractivity contribution is 6.08. The Balaban J connectivity index is 1.40. The Morgan fingerprint density at radius 2 is 1.55 bits per heavy atom. The Morgan fingerprint density at radius 1 is 0.921 bits per heavy atom. The molecule has 2 aromatic carbocycles. The van der Waals surface area contributed by atoms with Gasteiger partial charge in [-0.15, -0.1) is 0 Å². The maximum atomic E-state index is 13.2. The van der Waals surface area contributed by atoms with Gasteiger partial charge in [-0.3, -0.25) is 19.3 Å². The molecule has 0 bridgehead atoms. The summed E-state index contributed by atoms with van der Waals surface area (Å²) in [5.41, 5.74) is 1.51. The smallest absolute Gasteiger partial charge is 0.338 e. The van der Waals surface area contributed by atoms with Crippen molar-refractivity contribution in [2.45, 2.75) is 38.6 Å². The third-order valence-corrected chi connectivity index (χ3v) is 6.58. The highest BCUT2D eigenvalue weighted by atomic mass is 16.5. The van der Waals surface area contributed by atoms with Gasteiger partial charge in [0.2, 0.25) is 11.8 Å². The summed E-state index contributed by atoms with van der Waals surface area (Å²) < 4.78 is 10.4. The van der Waals surface area contributed by atoms with Gasteiger partial charge in [-0.1, -0.05) is 49.4 Å². The predicted octanol–water partition coefficient (Wildman–Crippen LogP) is 3.30. The number of imide groups is 1. The average molecular weight is 519 g/mol. The number of amides is 3. The van der Waals surface area contributed by atoms with Gasteiger partial charge in [0.1, 0.15) is 6.04 Å². The molecule has 2 aromatic rings. The zero-order valence-electron chi connectivity index (χ0n) is 21.1. The zero-order chi connectivity index (χ0) is 27.1. The summed E-state index contributed by atoms with van der Waals surface area (Å²) in [6.45, 7) is 1.61. The first-order valence-corrected chi connectivity index (χ1v) is 12.7. The number of esters is 2. The summed E-state index contributed by atoms with van der Waals surface area (Å²) in [7, 11) is 0. The van der Waals surface area contributed by atoms with E-state index in [4.69, 9.17) is 9.47 Å². The fraction of sp³-hybridized carbons (Fsp3) is 0.345. The molecule has 4 rings (SSSR count). The number of likely N-dealkylation sites (tertiary alicyclic amines) is 1. The Hall–Kier alpha value is -4.27. The second kappa shape index (κ2) is 12.3. The normalized spacial score (nSPS) is 19.0. The third kappa shape index (κ3) is 6.16. The molecule has 9 nitrogen and oxygen atoms in total. The van der Waals surface area contributed by atoms with E-state index in [2.05, 4.69) is 5.32 Å². The lowest BCUT2D eigenvalue weighted by Gasteiger charge is -2.25. The Labute approximate surface area is 220 Å². The van der Waals surface area contributed by atoms with Crippen molar-refractivity contribution >= 4 is 35.3 Å². The van der Waals surface area contributed by atoms with Gasteiger partial charge in [0.15, 0.2) is 6.61 Å². The molecule has 1 heterocycles. The number of nitrogens with zero attached hydrogens (tertiary/aromatic N) is 1. The van der Waals surface area contributed by atoms with E-state index in [-0.39, 0.29) is 18.2 Å². The topological polar surface area (TPSA) is 119 Å². The van der Waals surface area contributed by atoms with Crippen molar-refractivity contribution in [3.8, 4) is 0 Å². The molecule has 38 heavy (non-hydrogen) atoms. The molecule has 1 N–H and O–H groups in total. The number of carbonyl (C=O) groups is 5. The summed E-state index contributed by atoms with van der Waals surface area (Å²) in [6, 6.07) is 14.0. The van der Waals surface area contributed by atoms with Gasteiger partial charge in [-0.25, -0.2) is 9.59 Å². The van der Waals surface area contributed by atoms with Crippen LogP contribution in [0.15, 0.2) is 66.7 Å². The van der Waals surface area contributed by atoms with Gasteiger partial charge in [0, 0.05) is 12.1 Å². The molecule has 3 atom stereocenters. The number of nitrogens with one attached hydrogen (secondary N) is 1. The van der Waals surface area contributed by atoms with E-state index in [1.54, 1.807) is 24.3 Å². The minimum atomic E-state index is -1.18. The molecule has 1 aliphatic heterocycles. The molecule has 3 amide bonds. The van der Waals surface area contributed by atoms with Gasteiger partial charge < -0.3 is 14.8 Å². The average Bonchev–Trinajstić information content (AvgIpc) is 3.19. The van der Waals surface area contributed by atoms with E-state index in [1.165, 1.54) is 24.3 Å². The second-order valence-electron chi connectivity index (χ2n) is 9.28. The van der Waals surface area contributed by atoms with Crippen LogP contribution in [-0.2, 0) is 35.1 Å². The molecule has 198 valence electrons. The van der Waals surface area contributed by atoms with E-state index in [0.29, 0.717) is 37.1 Å². The molecule has 2 aliphatic rings. The van der Waals surface area contributed by atoms with E-state index in [0.717, 1.165) is 10.5 Å². The van der Waals surface area contributed by atoms with Crippen LogP contribution in [0.25, 0.3) is 0 Å². The minimum Gasteiger partial charge on any atom is -0.462 e. The van der Waals surface area contributed by atoms with Crippen LogP contribution in [0.5, 0.6) is 0 Å². The maximum Gasteiger partial charge on any atom is 0.338 e. The van der Waals surface area contributed by atoms with Crippen molar-refractivity contribution in [1.29, 1.82) is 0 Å². The lowest BCUT2D eigenvalue weighted by atomic mass is 9.85. The fourth-order valence-corrected chi connectivity index (χ4v) is 4.65. The standard InChI is InChI=1S/C29H30N2O7/c1-2-16-37-28(35)20-12-14-21(15-13-20)30-25(32)18-38-29(36)24(17-19-8-4-3-5-9-19)31-26(33)22-10-6-7-11-23(22)27(31)34/h3-9,12-15,22-24H,2,10-11,16-18H2,1H3,(H,30,32)/t22-,23-,24+/m1/s1. The van der Waals surface area contributed by atoms with E-state index in [9.17, 15) is 24.0 Å². The molecular formula is C29H30N2O7. The Bertz CT molecular complexity index is 1200. The third-order valence-electron chi connectivity index (χ3n) is 6.58. The van der Waals surface area contributed by atoms with E-state index in [1.807, 2.05) is 25.1 Å². The minimum absolute atomic E-state index is 0.0846. The highest BCUT2D eigenvalue weighted by Crippen LogP contribution is 2.36. The SMILES string of the molecule is CCCOC(=O)c1ccc(NC(=O)COC(=O)[C@H](Cc2ccccc2)N2C(=O)[C@@H]3CC=CC[C@H]3C2=O)cc1. The van der Waals surface area contributed by atoms with Crippen LogP contribution < -0.4 is 5.32 Å². The Morgan fingerprint density at radius 3 is 2.16 bits per heavy atom. The van der Waals surface area contributed by atoms with Gasteiger partial charge >= 0.3 is 11.9 Å². The number of rotatable bonds is 10. The van der Waals surface area contributed by atoms with Crippen LogP contribution >= 0.6 is 0 Å². The van der Waals surface area contributed by atoms with Crippen LogP contribution in [0, 0.1) is 11.8 Å². The lowest BCUT2D eigenvalue weighted by Crippen LogP contribution is -2.48. The summed E-state index contributed by atoms with van der Waals surface area (Å²) in [6.07, 6.45) is 5.47. The molecule has 1 saturated heterocycles. The summed E-state index contributed by atoms with van der Waals surface area (Å²) in [5.74, 6) is -3.62. The number of hydrogen-bond acceptors (Lipinski definition) is 7. The number of allylic oxidation sites excluding steroid dienone is 2. The first kappa shape index (κ1) is 26.8. The summed E-state index contributed by atoms with van der Waals surface area (Å²) in [4.78, 5) is 64.9. The molecule has 9 heteroatoms. The van der Waals surface area contributed by atoms with Crippen LogP contribution in [0.4, 0.5) is 5.69 Å². The molecule has 0 spiro atoms. The largest absolute Gasteiger partial charge is 0.462 e. The zero-order valence-corrected chi connectivity index (χ0v) is 21.1. The van der Waals surface area contributed by atoms with Crippen LogP contribution in [-0.4, -0.2) is 53.8 Å². The number of benzene rings is 2. The summed E-state index contributed by atoms with van der Waals surface area (Å²) >= 11 is 0. The number of hydrogen-bond donors (Lipinski definition) is 1. The number of ether oxygens (including phenoxy) is 2. The molecule has 0 aromatic heterocycles. The molecule has 1 fully saturated rings. The van der Waals surface area contributed by atoms with Crippen LogP contribution in [0.1, 0.15) is 42.1 Å². The van der Waals surface area contributed by atoms with E-state index < -0.39 is 42.3 Å². The fourth-order valence-electron chi connectivity index (χ4n) is 4.65. The monoisotopic (exact) mass is 518 g/mol. The van der Waals surface area contributed by atoms with Gasteiger partial charge in [0.25, 0.3) is 5.91 Å². The number of carbonyl (C=O) groups excluding carboxylic acids is 5. The maximum absolute atomic E-state index is 13.2. The van der Waals surface area contributed by atoms with Gasteiger partial charge in [-0.05, 0) is 49.1 Å². The highest BCUT2D eigenvalue weighted by Gasteiger charge is 2.51.